The molecular formula is C19H25N3O3. The van der Waals surface area contributed by atoms with Crippen molar-refractivity contribution in [2.45, 2.75) is 44.6 Å². The largest absolute Gasteiger partial charge is 0.444 e. The lowest BCUT2D eigenvalue weighted by molar-refractivity contribution is 0.163. The van der Waals surface area contributed by atoms with Crippen LogP contribution in [0.15, 0.2) is 34.9 Å². The second-order valence-electron chi connectivity index (χ2n) is 6.79. The lowest BCUT2D eigenvalue weighted by Gasteiger charge is -2.27. The molecule has 6 heteroatoms. The Morgan fingerprint density at radius 1 is 1.28 bits per heavy atom. The number of rotatable bonds is 6. The van der Waals surface area contributed by atoms with E-state index in [1.807, 2.05) is 31.2 Å². The second-order valence-corrected chi connectivity index (χ2v) is 6.79. The minimum Gasteiger partial charge on any atom is -0.444 e. The van der Waals surface area contributed by atoms with Gasteiger partial charge in [-0.3, -0.25) is 0 Å². The number of aromatic nitrogens is 1. The number of aryl methyl sites for hydroxylation is 1. The van der Waals surface area contributed by atoms with Crippen LogP contribution >= 0.6 is 0 Å². The summed E-state index contributed by atoms with van der Waals surface area (Å²) in [7, 11) is 0. The molecule has 134 valence electrons. The molecule has 1 aliphatic carbocycles. The molecule has 0 bridgehead atoms. The monoisotopic (exact) mass is 343 g/mol. The van der Waals surface area contributed by atoms with Gasteiger partial charge in [-0.1, -0.05) is 30.5 Å². The third-order valence-corrected chi connectivity index (χ3v) is 4.76. The fourth-order valence-electron chi connectivity index (χ4n) is 3.21. The average Bonchev–Trinajstić information content (AvgIpc) is 3.26. The van der Waals surface area contributed by atoms with Crippen LogP contribution in [0.2, 0.25) is 0 Å². The zero-order valence-electron chi connectivity index (χ0n) is 14.5. The van der Waals surface area contributed by atoms with Gasteiger partial charge in [0.15, 0.2) is 0 Å². The quantitative estimate of drug-likeness (QED) is 0.753. The summed E-state index contributed by atoms with van der Waals surface area (Å²) in [4.78, 5) is 16.5. The Bertz CT molecular complexity index is 703. The van der Waals surface area contributed by atoms with Gasteiger partial charge in [-0.15, -0.1) is 0 Å². The highest BCUT2D eigenvalue weighted by atomic mass is 16.3. The third kappa shape index (κ3) is 4.39. The molecule has 1 aromatic heterocycles. The van der Waals surface area contributed by atoms with Gasteiger partial charge in [0.2, 0.25) is 5.89 Å². The van der Waals surface area contributed by atoms with Crippen LogP contribution in [0.25, 0.3) is 11.5 Å². The summed E-state index contributed by atoms with van der Waals surface area (Å²) in [6, 6.07) is 7.76. The van der Waals surface area contributed by atoms with Crippen molar-refractivity contribution in [1.82, 2.24) is 15.6 Å². The highest BCUT2D eigenvalue weighted by Gasteiger charge is 2.34. The molecule has 1 saturated carbocycles. The molecule has 0 spiro atoms. The number of aliphatic hydroxyl groups excluding tert-OH is 1. The van der Waals surface area contributed by atoms with Crippen molar-refractivity contribution in [3.05, 3.63) is 41.8 Å². The van der Waals surface area contributed by atoms with Crippen LogP contribution in [-0.2, 0) is 6.42 Å². The van der Waals surface area contributed by atoms with E-state index in [4.69, 9.17) is 4.42 Å². The molecule has 0 unspecified atom stereocenters. The molecular weight excluding hydrogens is 318 g/mol. The van der Waals surface area contributed by atoms with Gasteiger partial charge in [0.05, 0.1) is 17.8 Å². The highest BCUT2D eigenvalue weighted by molar-refractivity contribution is 5.74. The number of carbonyl (C=O) groups is 1. The smallest absolute Gasteiger partial charge is 0.315 e. The molecule has 6 nitrogen and oxygen atoms in total. The topological polar surface area (TPSA) is 87.4 Å². The van der Waals surface area contributed by atoms with Crippen molar-refractivity contribution in [2.24, 2.45) is 0 Å². The first-order valence-electron chi connectivity index (χ1n) is 8.79. The van der Waals surface area contributed by atoms with Crippen LogP contribution in [0.4, 0.5) is 4.79 Å². The molecule has 25 heavy (non-hydrogen) atoms. The molecule has 1 heterocycles. The minimum absolute atomic E-state index is 0.0103. The molecule has 0 saturated heterocycles. The van der Waals surface area contributed by atoms with Gasteiger partial charge < -0.3 is 20.2 Å². The Morgan fingerprint density at radius 3 is 2.68 bits per heavy atom. The molecule has 0 aliphatic heterocycles. The zero-order valence-corrected chi connectivity index (χ0v) is 14.5. The Balaban J connectivity index is 1.47. The number of benzene rings is 1. The number of nitrogens with one attached hydrogen (secondary N) is 2. The fourth-order valence-corrected chi connectivity index (χ4v) is 3.21. The van der Waals surface area contributed by atoms with Gasteiger partial charge in [-0.25, -0.2) is 9.78 Å². The predicted octanol–water partition coefficient (Wildman–Crippen LogP) is 2.80. The van der Waals surface area contributed by atoms with Crippen LogP contribution in [-0.4, -0.2) is 34.8 Å². The number of urea groups is 1. The van der Waals surface area contributed by atoms with Crippen LogP contribution in [0.1, 0.15) is 36.9 Å². The number of aliphatic hydroxyl groups is 1. The minimum atomic E-state index is -0.448. The fraction of sp³-hybridized carbons (Fsp3) is 0.474. The summed E-state index contributed by atoms with van der Waals surface area (Å²) in [6.45, 7) is 2.49. The molecule has 1 aromatic carbocycles. The Hall–Kier alpha value is -2.34. The standard InChI is InChI=1S/C19H25N3O3/c1-14-4-6-15(7-5-14)17-21-16(12-25-17)8-11-20-18(24)22-19(13-23)9-2-3-10-19/h4-7,12,23H,2-3,8-11,13H2,1H3,(H2,20,22,24). The SMILES string of the molecule is Cc1ccc(-c2nc(CCNC(=O)NC3(CO)CCCC3)co2)cc1. The van der Waals surface area contributed by atoms with Crippen molar-refractivity contribution in [3.8, 4) is 11.5 Å². The Morgan fingerprint density at radius 2 is 2.00 bits per heavy atom. The Kier molecular flexibility index (Phi) is 5.38. The van der Waals surface area contributed by atoms with E-state index in [0.29, 0.717) is 18.9 Å². The van der Waals surface area contributed by atoms with Gasteiger partial charge in [0.25, 0.3) is 0 Å². The van der Waals surface area contributed by atoms with E-state index < -0.39 is 5.54 Å². The number of nitrogens with zero attached hydrogens (tertiary/aromatic N) is 1. The lowest BCUT2D eigenvalue weighted by atomic mass is 9.99. The van der Waals surface area contributed by atoms with E-state index in [-0.39, 0.29) is 12.6 Å². The van der Waals surface area contributed by atoms with Crippen LogP contribution in [0.3, 0.4) is 0 Å². The van der Waals surface area contributed by atoms with Crippen molar-refractivity contribution < 1.29 is 14.3 Å². The number of hydrogen-bond acceptors (Lipinski definition) is 4. The van der Waals surface area contributed by atoms with E-state index >= 15 is 0 Å². The van der Waals surface area contributed by atoms with Crippen LogP contribution in [0.5, 0.6) is 0 Å². The number of carbonyl (C=O) groups excluding carboxylic acids is 1. The summed E-state index contributed by atoms with van der Waals surface area (Å²) < 4.78 is 5.52. The zero-order chi connectivity index (χ0) is 17.7. The second kappa shape index (κ2) is 7.70. The average molecular weight is 343 g/mol. The first-order valence-corrected chi connectivity index (χ1v) is 8.79. The maximum absolute atomic E-state index is 12.0. The van der Waals surface area contributed by atoms with Gasteiger partial charge >= 0.3 is 6.03 Å². The Labute approximate surface area is 147 Å². The van der Waals surface area contributed by atoms with Gasteiger partial charge in [0, 0.05) is 18.5 Å². The number of amides is 2. The van der Waals surface area contributed by atoms with Crippen molar-refractivity contribution in [3.63, 3.8) is 0 Å². The molecule has 1 fully saturated rings. The van der Waals surface area contributed by atoms with E-state index in [1.54, 1.807) is 6.26 Å². The predicted molar refractivity (Wildman–Crippen MR) is 95.2 cm³/mol. The molecule has 1 aliphatic rings. The maximum atomic E-state index is 12.0. The summed E-state index contributed by atoms with van der Waals surface area (Å²) in [5.41, 5.74) is 2.48. The maximum Gasteiger partial charge on any atom is 0.315 e. The van der Waals surface area contributed by atoms with E-state index in [9.17, 15) is 9.90 Å². The number of oxazole rings is 1. The molecule has 2 amide bonds. The molecule has 2 aromatic rings. The van der Waals surface area contributed by atoms with Crippen LogP contribution in [0, 0.1) is 6.92 Å². The van der Waals surface area contributed by atoms with Crippen LogP contribution < -0.4 is 10.6 Å². The van der Waals surface area contributed by atoms with Gasteiger partial charge in [-0.2, -0.15) is 0 Å². The van der Waals surface area contributed by atoms with E-state index in [0.717, 1.165) is 36.9 Å². The van der Waals surface area contributed by atoms with Gasteiger partial charge in [0.1, 0.15) is 6.26 Å². The first-order chi connectivity index (χ1) is 12.1. The summed E-state index contributed by atoms with van der Waals surface area (Å²) >= 11 is 0. The molecule has 3 rings (SSSR count). The number of hydrogen-bond donors (Lipinski definition) is 3. The first kappa shape index (κ1) is 17.5. The van der Waals surface area contributed by atoms with Crippen molar-refractivity contribution in [1.29, 1.82) is 0 Å². The normalized spacial score (nSPS) is 15.9. The van der Waals surface area contributed by atoms with E-state index in [1.165, 1.54) is 5.56 Å². The van der Waals surface area contributed by atoms with E-state index in [2.05, 4.69) is 15.6 Å². The highest BCUT2D eigenvalue weighted by Crippen LogP contribution is 2.28. The summed E-state index contributed by atoms with van der Waals surface area (Å²) in [5.74, 6) is 0.588. The van der Waals surface area contributed by atoms with Gasteiger partial charge in [-0.05, 0) is 31.9 Å². The molecule has 0 atom stereocenters. The summed E-state index contributed by atoms with van der Waals surface area (Å²) in [5, 5.41) is 15.3. The lowest BCUT2D eigenvalue weighted by Crippen LogP contribution is -2.53. The van der Waals surface area contributed by atoms with Crippen molar-refractivity contribution >= 4 is 6.03 Å². The third-order valence-electron chi connectivity index (χ3n) is 4.76. The molecule has 3 N–H and O–H groups in total. The van der Waals surface area contributed by atoms with Crippen molar-refractivity contribution in [2.75, 3.05) is 13.2 Å². The molecule has 0 radical (unpaired) electrons. The summed E-state index contributed by atoms with van der Waals surface area (Å²) in [6.07, 6.45) is 5.97.